The van der Waals surface area contributed by atoms with E-state index in [4.69, 9.17) is 5.53 Å². The number of azide groups is 1. The molecule has 0 aliphatic rings. The lowest BCUT2D eigenvalue weighted by molar-refractivity contribution is 0.578. The van der Waals surface area contributed by atoms with Crippen molar-refractivity contribution in [3.63, 3.8) is 0 Å². The number of aromatic nitrogens is 2. The number of aryl methyl sites for hydroxylation is 1. The largest absolute Gasteiger partial charge is 0.281 e. The Hall–Kier alpha value is -1.53. The highest BCUT2D eigenvalue weighted by molar-refractivity contribution is 7.90. The summed E-state index contributed by atoms with van der Waals surface area (Å²) >= 11 is 0. The van der Waals surface area contributed by atoms with E-state index >= 15 is 0 Å². The molecule has 0 aliphatic carbocycles. The first-order valence-electron chi connectivity index (χ1n) is 2.87. The third-order valence-electron chi connectivity index (χ3n) is 1.18. The molecule has 0 N–H and O–H groups in total. The number of hydrogen-bond acceptors (Lipinski definition) is 3. The van der Waals surface area contributed by atoms with Crippen LogP contribution in [0.15, 0.2) is 21.8 Å². The van der Waals surface area contributed by atoms with Crippen LogP contribution in [-0.4, -0.2) is 18.2 Å². The van der Waals surface area contributed by atoms with Crippen molar-refractivity contribution in [2.45, 2.75) is 5.03 Å². The SMILES string of the molecule is Cn1nccc1S(=O)(=O)N=[N+]=[N-]. The summed E-state index contributed by atoms with van der Waals surface area (Å²) in [7, 11) is -2.44. The zero-order valence-electron chi connectivity index (χ0n) is 6.12. The molecule has 1 rings (SSSR count). The summed E-state index contributed by atoms with van der Waals surface area (Å²) in [6.07, 6.45) is 1.31. The molecule has 0 aromatic carbocycles. The van der Waals surface area contributed by atoms with Gasteiger partial charge < -0.3 is 0 Å². The van der Waals surface area contributed by atoms with Crippen LogP contribution in [0.25, 0.3) is 10.4 Å². The topological polar surface area (TPSA) is 101 Å². The normalized spacial score (nSPS) is 10.8. The molecule has 12 heavy (non-hydrogen) atoms. The maximum atomic E-state index is 11.0. The summed E-state index contributed by atoms with van der Waals surface area (Å²) in [5.41, 5.74) is 7.94. The van der Waals surface area contributed by atoms with Crippen LogP contribution >= 0.6 is 0 Å². The minimum atomic E-state index is -3.89. The first-order chi connectivity index (χ1) is 5.58. The summed E-state index contributed by atoms with van der Waals surface area (Å²) in [6.45, 7) is 0. The van der Waals surface area contributed by atoms with Gasteiger partial charge in [0.1, 0.15) is 0 Å². The minimum absolute atomic E-state index is 0.125. The van der Waals surface area contributed by atoms with Crippen LogP contribution in [0.4, 0.5) is 0 Å². The van der Waals surface area contributed by atoms with E-state index in [2.05, 4.69) is 14.5 Å². The van der Waals surface area contributed by atoms with E-state index in [1.54, 1.807) is 0 Å². The summed E-state index contributed by atoms with van der Waals surface area (Å²) in [6, 6.07) is 1.25. The molecule has 0 atom stereocenters. The second-order valence-corrected chi connectivity index (χ2v) is 3.47. The van der Waals surface area contributed by atoms with Gasteiger partial charge >= 0.3 is 0 Å². The van der Waals surface area contributed by atoms with Crippen LogP contribution in [0.2, 0.25) is 0 Å². The standard InChI is InChI=1S/C4H5N5O2S/c1-9-4(2-3-6-9)12(10,11)8-7-5/h2-3H,1H3. The quantitative estimate of drug-likeness (QED) is 0.381. The fraction of sp³-hybridized carbons (Fsp3) is 0.250. The lowest BCUT2D eigenvalue weighted by Crippen LogP contribution is -2.03. The first-order valence-corrected chi connectivity index (χ1v) is 4.31. The molecule has 0 bridgehead atoms. The molecule has 0 radical (unpaired) electrons. The average molecular weight is 187 g/mol. The van der Waals surface area contributed by atoms with Crippen molar-refractivity contribution in [3.8, 4) is 0 Å². The Bertz CT molecular complexity index is 426. The van der Waals surface area contributed by atoms with Gasteiger partial charge in [-0.15, -0.1) is 0 Å². The maximum absolute atomic E-state index is 11.0. The van der Waals surface area contributed by atoms with Gasteiger partial charge in [-0.1, -0.05) is 0 Å². The number of nitrogens with zero attached hydrogens (tertiary/aromatic N) is 5. The Balaban J connectivity index is 3.33. The lowest BCUT2D eigenvalue weighted by atomic mass is 10.7. The Labute approximate surface area is 68.3 Å². The van der Waals surface area contributed by atoms with Crippen molar-refractivity contribution >= 4 is 10.0 Å². The van der Waals surface area contributed by atoms with Crippen molar-refractivity contribution < 1.29 is 8.42 Å². The highest BCUT2D eigenvalue weighted by Crippen LogP contribution is 2.09. The molecule has 0 spiro atoms. The Morgan fingerprint density at radius 1 is 1.75 bits per heavy atom. The van der Waals surface area contributed by atoms with Crippen molar-refractivity contribution in [1.29, 1.82) is 0 Å². The van der Waals surface area contributed by atoms with E-state index < -0.39 is 10.0 Å². The monoisotopic (exact) mass is 187 g/mol. The molecule has 7 nitrogen and oxygen atoms in total. The number of rotatable bonds is 2. The lowest BCUT2D eigenvalue weighted by Gasteiger charge is -1.95. The van der Waals surface area contributed by atoms with E-state index in [1.165, 1.54) is 19.3 Å². The summed E-state index contributed by atoms with van der Waals surface area (Å²) in [5.74, 6) is 0. The van der Waals surface area contributed by atoms with Crippen molar-refractivity contribution in [2.24, 2.45) is 11.6 Å². The van der Waals surface area contributed by atoms with Crippen LogP contribution in [0, 0.1) is 0 Å². The zero-order chi connectivity index (χ0) is 9.19. The van der Waals surface area contributed by atoms with Crippen molar-refractivity contribution in [3.05, 3.63) is 22.7 Å². The van der Waals surface area contributed by atoms with Crippen LogP contribution < -0.4 is 0 Å². The second-order valence-electron chi connectivity index (χ2n) is 1.94. The molecule has 1 heterocycles. The van der Waals surface area contributed by atoms with E-state index in [0.29, 0.717) is 0 Å². The van der Waals surface area contributed by atoms with Gasteiger partial charge in [0.2, 0.25) is 0 Å². The molecule has 64 valence electrons. The number of hydrogen-bond donors (Lipinski definition) is 0. The van der Waals surface area contributed by atoms with Crippen molar-refractivity contribution in [2.75, 3.05) is 0 Å². The predicted molar refractivity (Wildman–Crippen MR) is 39.5 cm³/mol. The van der Waals surface area contributed by atoms with Crippen LogP contribution in [0.3, 0.4) is 0 Å². The van der Waals surface area contributed by atoms with E-state index in [1.807, 2.05) is 0 Å². The highest BCUT2D eigenvalue weighted by atomic mass is 32.2. The van der Waals surface area contributed by atoms with E-state index in [9.17, 15) is 8.42 Å². The Kier molecular flexibility index (Phi) is 2.03. The molecule has 0 fully saturated rings. The third kappa shape index (κ3) is 1.39. The molecule has 0 amide bonds. The fourth-order valence-corrected chi connectivity index (χ4v) is 1.50. The molecular formula is C4H5N5O2S. The van der Waals surface area contributed by atoms with Crippen LogP contribution in [0.1, 0.15) is 0 Å². The molecule has 1 aromatic rings. The van der Waals surface area contributed by atoms with Gasteiger partial charge in [0, 0.05) is 16.5 Å². The average Bonchev–Trinajstić information content (AvgIpc) is 2.35. The maximum Gasteiger partial charge on any atom is 0.281 e. The molecule has 0 saturated carbocycles. The second kappa shape index (κ2) is 2.84. The summed E-state index contributed by atoms with van der Waals surface area (Å²) in [5, 5.41) is 3.49. The third-order valence-corrected chi connectivity index (χ3v) is 2.40. The first kappa shape index (κ1) is 8.57. The number of sulfonamides is 1. The Morgan fingerprint density at radius 3 is 2.83 bits per heavy atom. The molecule has 0 aliphatic heterocycles. The smallest absolute Gasteiger partial charge is 0.257 e. The minimum Gasteiger partial charge on any atom is -0.257 e. The van der Waals surface area contributed by atoms with Crippen LogP contribution in [-0.2, 0) is 17.1 Å². The summed E-state index contributed by atoms with van der Waals surface area (Å²) in [4.78, 5) is 2.20. The highest BCUT2D eigenvalue weighted by Gasteiger charge is 2.15. The van der Waals surface area contributed by atoms with Crippen molar-refractivity contribution in [1.82, 2.24) is 9.78 Å². The molecule has 0 unspecified atom stereocenters. The molecule has 8 heteroatoms. The molecule has 0 saturated heterocycles. The van der Waals surface area contributed by atoms with Gasteiger partial charge in [-0.05, 0) is 11.6 Å². The van der Waals surface area contributed by atoms with Crippen LogP contribution in [0.5, 0.6) is 0 Å². The summed E-state index contributed by atoms with van der Waals surface area (Å²) < 4.78 is 25.8. The van der Waals surface area contributed by atoms with Gasteiger partial charge in [-0.3, -0.25) is 4.68 Å². The Morgan fingerprint density at radius 2 is 2.42 bits per heavy atom. The fourth-order valence-electron chi connectivity index (χ4n) is 0.705. The van der Waals surface area contributed by atoms with E-state index in [-0.39, 0.29) is 5.03 Å². The van der Waals surface area contributed by atoms with Gasteiger partial charge in [-0.2, -0.15) is 5.10 Å². The zero-order valence-corrected chi connectivity index (χ0v) is 6.93. The van der Waals surface area contributed by atoms with Gasteiger partial charge in [0.15, 0.2) is 5.03 Å². The molecular weight excluding hydrogens is 182 g/mol. The van der Waals surface area contributed by atoms with E-state index in [0.717, 1.165) is 4.68 Å². The van der Waals surface area contributed by atoms with Gasteiger partial charge in [-0.25, -0.2) is 8.42 Å². The predicted octanol–water partition coefficient (Wildman–Crippen LogP) is 0.419. The van der Waals surface area contributed by atoms with Gasteiger partial charge in [0.25, 0.3) is 10.0 Å². The van der Waals surface area contributed by atoms with Gasteiger partial charge in [0.05, 0.1) is 6.20 Å². The molecule has 1 aromatic heterocycles.